The first kappa shape index (κ1) is 15.6. The largest absolute Gasteiger partial charge is 0.289 e. The van der Waals surface area contributed by atoms with E-state index in [1.807, 2.05) is 37.3 Å². The molecule has 5 nitrogen and oxygen atoms in total. The maximum atomic E-state index is 12.8. The second-order valence-electron chi connectivity index (χ2n) is 5.19. The number of rotatable bonds is 4. The van der Waals surface area contributed by atoms with Crippen LogP contribution in [0.5, 0.6) is 0 Å². The fraction of sp³-hybridized carbons (Fsp3) is 0.0556. The number of nitrogens with zero attached hydrogens (tertiary/aromatic N) is 2. The molecular formula is C18H15FN4O. The van der Waals surface area contributed by atoms with Gasteiger partial charge in [-0.05, 0) is 24.6 Å². The minimum atomic E-state index is -0.388. The number of carbonyl (C=O) groups excluding carboxylic acids is 1. The number of amides is 1. The van der Waals surface area contributed by atoms with Gasteiger partial charge in [-0.3, -0.25) is 9.89 Å². The highest BCUT2D eigenvalue weighted by molar-refractivity contribution is 5.95. The maximum Gasteiger partial charge on any atom is 0.289 e. The molecule has 0 bridgehead atoms. The highest BCUT2D eigenvalue weighted by Gasteiger charge is 2.16. The molecule has 0 aliphatic heterocycles. The van der Waals surface area contributed by atoms with Gasteiger partial charge < -0.3 is 0 Å². The van der Waals surface area contributed by atoms with E-state index in [2.05, 4.69) is 20.7 Å². The van der Waals surface area contributed by atoms with Crippen molar-refractivity contribution < 1.29 is 9.18 Å². The number of nitrogens with one attached hydrogen (secondary N) is 2. The fourth-order valence-electron chi connectivity index (χ4n) is 2.27. The minimum absolute atomic E-state index is 0.322. The Kier molecular flexibility index (Phi) is 4.47. The van der Waals surface area contributed by atoms with Crippen molar-refractivity contribution in [2.75, 3.05) is 0 Å². The van der Waals surface area contributed by atoms with E-state index in [9.17, 15) is 9.18 Å². The van der Waals surface area contributed by atoms with E-state index >= 15 is 0 Å². The number of hydrazone groups is 1. The van der Waals surface area contributed by atoms with Crippen LogP contribution in [0.3, 0.4) is 0 Å². The lowest BCUT2D eigenvalue weighted by atomic mass is 10.1. The quantitative estimate of drug-likeness (QED) is 0.571. The average Bonchev–Trinajstić information content (AvgIpc) is 2.99. The molecule has 24 heavy (non-hydrogen) atoms. The summed E-state index contributed by atoms with van der Waals surface area (Å²) in [5, 5.41) is 10.8. The van der Waals surface area contributed by atoms with Gasteiger partial charge in [-0.15, -0.1) is 0 Å². The van der Waals surface area contributed by atoms with E-state index in [0.29, 0.717) is 11.3 Å². The van der Waals surface area contributed by atoms with E-state index in [1.54, 1.807) is 12.1 Å². The Morgan fingerprint density at radius 2 is 1.88 bits per heavy atom. The summed E-state index contributed by atoms with van der Waals surface area (Å²) >= 11 is 0. The van der Waals surface area contributed by atoms with Crippen molar-refractivity contribution >= 4 is 12.1 Å². The molecule has 1 amide bonds. The highest BCUT2D eigenvalue weighted by atomic mass is 19.1. The number of hydrogen-bond acceptors (Lipinski definition) is 3. The normalized spacial score (nSPS) is 10.9. The van der Waals surface area contributed by atoms with Crippen LogP contribution in [0.15, 0.2) is 59.7 Å². The lowest BCUT2D eigenvalue weighted by Crippen LogP contribution is -2.19. The van der Waals surface area contributed by atoms with Crippen LogP contribution in [0.1, 0.15) is 21.6 Å². The first-order chi connectivity index (χ1) is 11.6. The van der Waals surface area contributed by atoms with Crippen molar-refractivity contribution in [3.8, 4) is 11.3 Å². The Bertz CT molecular complexity index is 870. The molecule has 0 unspecified atom stereocenters. The summed E-state index contributed by atoms with van der Waals surface area (Å²) in [5.74, 6) is -0.710. The SMILES string of the molecule is Cc1c(-c2ccccc2)n[nH]c1C(=O)N/N=C\c1ccc(F)cc1. The van der Waals surface area contributed by atoms with Gasteiger partial charge >= 0.3 is 0 Å². The Hall–Kier alpha value is -3.28. The van der Waals surface area contributed by atoms with Gasteiger partial charge in [0.15, 0.2) is 0 Å². The van der Waals surface area contributed by atoms with Crippen LogP contribution < -0.4 is 5.43 Å². The predicted molar refractivity (Wildman–Crippen MR) is 90.2 cm³/mol. The monoisotopic (exact) mass is 322 g/mol. The van der Waals surface area contributed by atoms with Gasteiger partial charge in [-0.25, -0.2) is 9.82 Å². The van der Waals surface area contributed by atoms with Gasteiger partial charge in [0, 0.05) is 11.1 Å². The van der Waals surface area contributed by atoms with E-state index < -0.39 is 0 Å². The molecule has 0 atom stereocenters. The number of aromatic nitrogens is 2. The van der Waals surface area contributed by atoms with Crippen molar-refractivity contribution in [3.05, 3.63) is 77.2 Å². The molecule has 1 heterocycles. The van der Waals surface area contributed by atoms with Crippen molar-refractivity contribution in [2.24, 2.45) is 5.10 Å². The molecule has 0 saturated carbocycles. The molecule has 0 fully saturated rings. The Morgan fingerprint density at radius 3 is 2.58 bits per heavy atom. The molecule has 1 aromatic heterocycles. The van der Waals surface area contributed by atoms with Crippen molar-refractivity contribution in [1.29, 1.82) is 0 Å². The van der Waals surface area contributed by atoms with Crippen molar-refractivity contribution in [2.45, 2.75) is 6.92 Å². The van der Waals surface area contributed by atoms with Gasteiger partial charge in [-0.2, -0.15) is 10.2 Å². The third-order valence-electron chi connectivity index (χ3n) is 3.53. The second-order valence-corrected chi connectivity index (χ2v) is 5.19. The minimum Gasteiger partial charge on any atom is -0.272 e. The van der Waals surface area contributed by atoms with Crippen LogP contribution in [-0.4, -0.2) is 22.3 Å². The molecule has 0 saturated heterocycles. The number of H-pyrrole nitrogens is 1. The number of benzene rings is 2. The molecule has 0 aliphatic carbocycles. The Balaban J connectivity index is 1.72. The molecule has 0 spiro atoms. The first-order valence-electron chi connectivity index (χ1n) is 7.34. The van der Waals surface area contributed by atoms with Crippen molar-refractivity contribution in [1.82, 2.24) is 15.6 Å². The summed E-state index contributed by atoms with van der Waals surface area (Å²) in [6, 6.07) is 15.4. The number of hydrogen-bond donors (Lipinski definition) is 2. The standard InChI is InChI=1S/C18H15FN4O/c1-12-16(14-5-3-2-4-6-14)21-22-17(12)18(24)23-20-11-13-7-9-15(19)10-8-13/h2-11H,1H3,(H,21,22)(H,23,24)/b20-11-. The number of halogens is 1. The third kappa shape index (κ3) is 3.38. The summed E-state index contributed by atoms with van der Waals surface area (Å²) in [7, 11) is 0. The van der Waals surface area contributed by atoms with Crippen LogP contribution >= 0.6 is 0 Å². The van der Waals surface area contributed by atoms with E-state index in [4.69, 9.17) is 0 Å². The second kappa shape index (κ2) is 6.87. The van der Waals surface area contributed by atoms with Gasteiger partial charge in [0.1, 0.15) is 11.5 Å². The van der Waals surface area contributed by atoms with E-state index in [0.717, 1.165) is 16.8 Å². The lowest BCUT2D eigenvalue weighted by Gasteiger charge is -2.00. The molecule has 3 rings (SSSR count). The van der Waals surface area contributed by atoms with Crippen molar-refractivity contribution in [3.63, 3.8) is 0 Å². The molecule has 120 valence electrons. The Morgan fingerprint density at radius 1 is 1.17 bits per heavy atom. The summed E-state index contributed by atoms with van der Waals surface area (Å²) in [6.07, 6.45) is 1.45. The summed E-state index contributed by atoms with van der Waals surface area (Å²) < 4.78 is 12.8. The average molecular weight is 322 g/mol. The molecule has 2 N–H and O–H groups in total. The predicted octanol–water partition coefficient (Wildman–Crippen LogP) is 3.29. The smallest absolute Gasteiger partial charge is 0.272 e. The first-order valence-corrected chi connectivity index (χ1v) is 7.34. The van der Waals surface area contributed by atoms with Gasteiger partial charge in [0.2, 0.25) is 0 Å². The fourth-order valence-corrected chi connectivity index (χ4v) is 2.27. The zero-order valence-electron chi connectivity index (χ0n) is 13.0. The van der Waals surface area contributed by atoms with Gasteiger partial charge in [-0.1, -0.05) is 42.5 Å². The Labute approximate surface area is 138 Å². The zero-order valence-corrected chi connectivity index (χ0v) is 13.0. The molecule has 3 aromatic rings. The van der Waals surface area contributed by atoms with Crippen LogP contribution in [-0.2, 0) is 0 Å². The summed E-state index contributed by atoms with van der Waals surface area (Å²) in [5.41, 5.74) is 5.87. The topological polar surface area (TPSA) is 70.1 Å². The summed E-state index contributed by atoms with van der Waals surface area (Å²) in [4.78, 5) is 12.2. The molecule has 0 aliphatic rings. The van der Waals surface area contributed by atoms with Crippen LogP contribution in [0.2, 0.25) is 0 Å². The maximum absolute atomic E-state index is 12.8. The molecule has 6 heteroatoms. The lowest BCUT2D eigenvalue weighted by molar-refractivity contribution is 0.0949. The molecule has 2 aromatic carbocycles. The highest BCUT2D eigenvalue weighted by Crippen LogP contribution is 2.22. The van der Waals surface area contributed by atoms with E-state index in [-0.39, 0.29) is 11.7 Å². The summed E-state index contributed by atoms with van der Waals surface area (Å²) in [6.45, 7) is 1.82. The number of carbonyl (C=O) groups is 1. The van der Waals surface area contributed by atoms with Crippen LogP contribution in [0.4, 0.5) is 4.39 Å². The number of aromatic amines is 1. The van der Waals surface area contributed by atoms with E-state index in [1.165, 1.54) is 18.3 Å². The zero-order chi connectivity index (χ0) is 16.9. The molecular weight excluding hydrogens is 307 g/mol. The van der Waals surface area contributed by atoms with Crippen LogP contribution in [0, 0.1) is 12.7 Å². The van der Waals surface area contributed by atoms with Gasteiger partial charge in [0.25, 0.3) is 5.91 Å². The molecule has 0 radical (unpaired) electrons. The third-order valence-corrected chi connectivity index (χ3v) is 3.53. The van der Waals surface area contributed by atoms with Crippen LogP contribution in [0.25, 0.3) is 11.3 Å². The van der Waals surface area contributed by atoms with Gasteiger partial charge in [0.05, 0.1) is 11.9 Å².